The highest BCUT2D eigenvalue weighted by Gasteiger charge is 2.30. The van der Waals surface area contributed by atoms with Gasteiger partial charge in [0.25, 0.3) is 0 Å². The number of hydrogen-bond acceptors (Lipinski definition) is 3. The van der Waals surface area contributed by atoms with Crippen LogP contribution in [0.1, 0.15) is 18.1 Å². The van der Waals surface area contributed by atoms with Crippen molar-refractivity contribution in [1.82, 2.24) is 0 Å². The van der Waals surface area contributed by atoms with Crippen LogP contribution in [0, 0.1) is 13.8 Å². The topological polar surface area (TPSA) is 66.5 Å². The number of para-hydroxylation sites is 1. The van der Waals surface area contributed by atoms with Gasteiger partial charge in [0.1, 0.15) is 6.04 Å². The van der Waals surface area contributed by atoms with Crippen molar-refractivity contribution >= 4 is 50.5 Å². The highest BCUT2D eigenvalue weighted by molar-refractivity contribution is 7.92. The van der Waals surface area contributed by atoms with Gasteiger partial charge in [-0.2, -0.15) is 0 Å². The molecule has 0 aliphatic carbocycles. The van der Waals surface area contributed by atoms with Crippen molar-refractivity contribution in [3.05, 3.63) is 57.6 Å². The highest BCUT2D eigenvalue weighted by atomic mass is 35.5. The summed E-state index contributed by atoms with van der Waals surface area (Å²) in [6.07, 6.45) is 1.03. The molecular weight excluding hydrogens is 395 g/mol. The monoisotopic (exact) mass is 414 g/mol. The molecule has 26 heavy (non-hydrogen) atoms. The summed E-state index contributed by atoms with van der Waals surface area (Å²) in [6, 6.07) is 9.04. The lowest BCUT2D eigenvalue weighted by molar-refractivity contribution is -0.116. The zero-order valence-corrected chi connectivity index (χ0v) is 17.2. The highest BCUT2D eigenvalue weighted by Crippen LogP contribution is 2.29. The molecule has 140 valence electrons. The van der Waals surface area contributed by atoms with E-state index < -0.39 is 22.0 Å². The molecule has 0 spiro atoms. The van der Waals surface area contributed by atoms with Gasteiger partial charge in [0.05, 0.1) is 11.9 Å². The molecule has 0 saturated carbocycles. The van der Waals surface area contributed by atoms with Crippen LogP contribution in [0.4, 0.5) is 11.4 Å². The molecule has 5 nitrogen and oxygen atoms in total. The molecule has 1 amide bonds. The molecule has 0 bridgehead atoms. The lowest BCUT2D eigenvalue weighted by Gasteiger charge is -2.29. The molecule has 0 aliphatic heterocycles. The van der Waals surface area contributed by atoms with Crippen molar-refractivity contribution in [3.63, 3.8) is 0 Å². The van der Waals surface area contributed by atoms with Crippen molar-refractivity contribution in [2.75, 3.05) is 15.9 Å². The van der Waals surface area contributed by atoms with Crippen LogP contribution in [-0.2, 0) is 14.8 Å². The van der Waals surface area contributed by atoms with Gasteiger partial charge in [-0.05, 0) is 50.1 Å². The maximum absolute atomic E-state index is 12.8. The maximum atomic E-state index is 12.8. The summed E-state index contributed by atoms with van der Waals surface area (Å²) in [7, 11) is -3.75. The Kier molecular flexibility index (Phi) is 6.21. The summed E-state index contributed by atoms with van der Waals surface area (Å²) in [4.78, 5) is 12.8. The Bertz CT molecular complexity index is 905. The van der Waals surface area contributed by atoms with Crippen molar-refractivity contribution in [2.45, 2.75) is 26.8 Å². The van der Waals surface area contributed by atoms with Crippen LogP contribution in [0.5, 0.6) is 0 Å². The molecule has 0 saturated heterocycles. The number of rotatable bonds is 5. The van der Waals surface area contributed by atoms with E-state index in [-0.39, 0.29) is 15.7 Å². The third-order valence-corrected chi connectivity index (χ3v) is 5.60. The van der Waals surface area contributed by atoms with Crippen LogP contribution in [0.3, 0.4) is 0 Å². The van der Waals surface area contributed by atoms with E-state index in [1.807, 2.05) is 32.0 Å². The molecule has 0 unspecified atom stereocenters. The average Bonchev–Trinajstić information content (AvgIpc) is 2.48. The second kappa shape index (κ2) is 7.86. The van der Waals surface area contributed by atoms with E-state index in [4.69, 9.17) is 23.2 Å². The van der Waals surface area contributed by atoms with Crippen molar-refractivity contribution in [1.29, 1.82) is 0 Å². The predicted octanol–water partition coefficient (Wildman–Crippen LogP) is 4.40. The molecule has 1 N–H and O–H groups in total. The third-order valence-electron chi connectivity index (χ3n) is 3.92. The molecule has 2 rings (SSSR count). The standard InChI is InChI=1S/C18H20Cl2N2O3S/c1-11-6-5-7-12(2)17(11)21-18(23)13(3)22(26(4,24)25)16-9-14(19)8-15(20)10-16/h5-10,13H,1-4H3,(H,21,23)/t13-/m1/s1. The SMILES string of the molecule is Cc1cccc(C)c1NC(=O)[C@@H](C)N(c1cc(Cl)cc(Cl)c1)S(C)(=O)=O. The Morgan fingerprint density at radius 3 is 2.04 bits per heavy atom. The molecule has 0 aromatic heterocycles. The van der Waals surface area contributed by atoms with E-state index in [1.165, 1.54) is 25.1 Å². The lowest BCUT2D eigenvalue weighted by Crippen LogP contribution is -2.45. The number of hydrogen-bond donors (Lipinski definition) is 1. The van der Waals surface area contributed by atoms with Gasteiger partial charge in [-0.25, -0.2) is 8.42 Å². The second-order valence-corrected chi connectivity index (χ2v) is 8.85. The van der Waals surface area contributed by atoms with Gasteiger partial charge in [-0.15, -0.1) is 0 Å². The van der Waals surface area contributed by atoms with E-state index in [9.17, 15) is 13.2 Å². The summed E-state index contributed by atoms with van der Waals surface area (Å²) in [5.41, 5.74) is 2.68. The van der Waals surface area contributed by atoms with Crippen LogP contribution < -0.4 is 9.62 Å². The molecule has 2 aromatic carbocycles. The minimum atomic E-state index is -3.75. The summed E-state index contributed by atoms with van der Waals surface area (Å²) >= 11 is 12.0. The number of nitrogens with one attached hydrogen (secondary N) is 1. The summed E-state index contributed by atoms with van der Waals surface area (Å²) < 4.78 is 25.7. The van der Waals surface area contributed by atoms with Gasteiger partial charge in [0.2, 0.25) is 15.9 Å². The van der Waals surface area contributed by atoms with Gasteiger partial charge in [0, 0.05) is 15.7 Å². The molecule has 8 heteroatoms. The Hall–Kier alpha value is -1.76. The number of halogens is 2. The number of benzene rings is 2. The molecule has 0 fully saturated rings. The van der Waals surface area contributed by atoms with Gasteiger partial charge in [-0.3, -0.25) is 9.10 Å². The largest absolute Gasteiger partial charge is 0.324 e. The molecule has 0 radical (unpaired) electrons. The Balaban J connectivity index is 2.41. The van der Waals surface area contributed by atoms with Crippen LogP contribution >= 0.6 is 23.2 Å². The average molecular weight is 415 g/mol. The van der Waals surface area contributed by atoms with E-state index in [0.29, 0.717) is 5.69 Å². The summed E-state index contributed by atoms with van der Waals surface area (Å²) in [6.45, 7) is 5.26. The summed E-state index contributed by atoms with van der Waals surface area (Å²) in [5, 5.41) is 3.38. The fourth-order valence-electron chi connectivity index (χ4n) is 2.71. The zero-order chi connectivity index (χ0) is 19.6. The normalized spacial score (nSPS) is 12.5. The number of sulfonamides is 1. The first-order valence-corrected chi connectivity index (χ1v) is 10.4. The van der Waals surface area contributed by atoms with Gasteiger partial charge in [-0.1, -0.05) is 41.4 Å². The van der Waals surface area contributed by atoms with E-state index >= 15 is 0 Å². The van der Waals surface area contributed by atoms with Gasteiger partial charge >= 0.3 is 0 Å². The van der Waals surface area contributed by atoms with Gasteiger partial charge in [0.15, 0.2) is 0 Å². The first kappa shape index (κ1) is 20.6. The minimum Gasteiger partial charge on any atom is -0.324 e. The number of aryl methyl sites for hydroxylation is 2. The molecule has 0 aliphatic rings. The number of carbonyl (C=O) groups excluding carboxylic acids is 1. The van der Waals surface area contributed by atoms with Crippen molar-refractivity contribution < 1.29 is 13.2 Å². The third kappa shape index (κ3) is 4.69. The second-order valence-electron chi connectivity index (χ2n) is 6.12. The fraction of sp³-hybridized carbons (Fsp3) is 0.278. The van der Waals surface area contributed by atoms with E-state index in [1.54, 1.807) is 0 Å². The number of anilines is 2. The Labute approximate surface area is 164 Å². The van der Waals surface area contributed by atoms with Crippen LogP contribution in [0.2, 0.25) is 10.0 Å². The minimum absolute atomic E-state index is 0.231. The van der Waals surface area contributed by atoms with Crippen LogP contribution in [0.25, 0.3) is 0 Å². The molecule has 0 heterocycles. The first-order valence-electron chi connectivity index (χ1n) is 7.83. The predicted molar refractivity (Wildman–Crippen MR) is 108 cm³/mol. The van der Waals surface area contributed by atoms with Crippen molar-refractivity contribution in [3.8, 4) is 0 Å². The van der Waals surface area contributed by atoms with E-state index in [0.717, 1.165) is 21.7 Å². The Morgan fingerprint density at radius 1 is 1.08 bits per heavy atom. The molecule has 2 aromatic rings. The molecular formula is C18H20Cl2N2O3S. The molecule has 1 atom stereocenters. The summed E-state index contributed by atoms with van der Waals surface area (Å²) in [5.74, 6) is -0.455. The van der Waals surface area contributed by atoms with Crippen LogP contribution in [-0.4, -0.2) is 26.6 Å². The number of nitrogens with zero attached hydrogens (tertiary/aromatic N) is 1. The Morgan fingerprint density at radius 2 is 1.58 bits per heavy atom. The maximum Gasteiger partial charge on any atom is 0.248 e. The van der Waals surface area contributed by atoms with E-state index in [2.05, 4.69) is 5.32 Å². The quantitative estimate of drug-likeness (QED) is 0.787. The fourth-order valence-corrected chi connectivity index (χ4v) is 4.39. The number of carbonyl (C=O) groups is 1. The van der Waals surface area contributed by atoms with Gasteiger partial charge < -0.3 is 5.32 Å². The zero-order valence-electron chi connectivity index (χ0n) is 14.9. The number of amides is 1. The van der Waals surface area contributed by atoms with Crippen molar-refractivity contribution in [2.24, 2.45) is 0 Å². The van der Waals surface area contributed by atoms with Crippen LogP contribution in [0.15, 0.2) is 36.4 Å². The smallest absolute Gasteiger partial charge is 0.248 e. The first-order chi connectivity index (χ1) is 12.0. The lowest BCUT2D eigenvalue weighted by atomic mass is 10.1.